The van der Waals surface area contributed by atoms with Crippen LogP contribution in [0.5, 0.6) is 0 Å². The Morgan fingerprint density at radius 1 is 1.53 bits per heavy atom. The van der Waals surface area contributed by atoms with Gasteiger partial charge < -0.3 is 9.73 Å². The van der Waals surface area contributed by atoms with Crippen molar-refractivity contribution in [3.8, 4) is 0 Å². The van der Waals surface area contributed by atoms with Gasteiger partial charge in [-0.2, -0.15) is 5.10 Å². The molecule has 1 aliphatic rings. The molecule has 0 saturated heterocycles. The molecule has 0 spiro atoms. The van der Waals surface area contributed by atoms with Crippen molar-refractivity contribution in [3.63, 3.8) is 0 Å². The van der Waals surface area contributed by atoms with E-state index in [1.165, 1.54) is 12.8 Å². The van der Waals surface area contributed by atoms with E-state index in [0.29, 0.717) is 11.6 Å². The summed E-state index contributed by atoms with van der Waals surface area (Å²) in [6.07, 6.45) is 2.37. The lowest BCUT2D eigenvalue weighted by Gasteiger charge is -2.09. The van der Waals surface area contributed by atoms with Gasteiger partial charge in [0.2, 0.25) is 0 Å². The maximum absolute atomic E-state index is 12.1. The third-order valence-electron chi connectivity index (χ3n) is 3.38. The Morgan fingerprint density at radius 2 is 2.32 bits per heavy atom. The highest BCUT2D eigenvalue weighted by Crippen LogP contribution is 2.39. The standard InChI is InChI=1S/C14H17N3O2/c1-8-3-6-13(19-8)9(2)15-14(18)12-7-11(16-17-12)10-4-5-10/h3,6-7,9-10H,4-5H2,1-2H3,(H,15,18)(H,16,17). The van der Waals surface area contributed by atoms with Crippen molar-refractivity contribution in [1.29, 1.82) is 0 Å². The zero-order valence-electron chi connectivity index (χ0n) is 11.1. The molecular formula is C14H17N3O2. The highest BCUT2D eigenvalue weighted by molar-refractivity contribution is 5.92. The summed E-state index contributed by atoms with van der Waals surface area (Å²) in [5.41, 5.74) is 1.50. The van der Waals surface area contributed by atoms with Crippen LogP contribution in [0, 0.1) is 6.92 Å². The Labute approximate surface area is 111 Å². The minimum atomic E-state index is -0.176. The van der Waals surface area contributed by atoms with Gasteiger partial charge in [-0.3, -0.25) is 9.89 Å². The van der Waals surface area contributed by atoms with Gasteiger partial charge in [-0.25, -0.2) is 0 Å². The number of nitrogens with zero attached hydrogens (tertiary/aromatic N) is 1. The van der Waals surface area contributed by atoms with Crippen LogP contribution in [0.25, 0.3) is 0 Å². The molecule has 2 aromatic rings. The van der Waals surface area contributed by atoms with E-state index in [0.717, 1.165) is 17.2 Å². The normalized spacial score (nSPS) is 16.3. The van der Waals surface area contributed by atoms with E-state index in [2.05, 4.69) is 15.5 Å². The van der Waals surface area contributed by atoms with Gasteiger partial charge in [0.15, 0.2) is 0 Å². The summed E-state index contributed by atoms with van der Waals surface area (Å²) in [5.74, 6) is 1.99. The molecule has 1 saturated carbocycles. The van der Waals surface area contributed by atoms with E-state index < -0.39 is 0 Å². The number of hydrogen-bond acceptors (Lipinski definition) is 3. The number of furan rings is 1. The average molecular weight is 259 g/mol. The predicted octanol–water partition coefficient (Wildman–Crippen LogP) is 2.68. The zero-order chi connectivity index (χ0) is 13.4. The number of amides is 1. The average Bonchev–Trinajstić information content (AvgIpc) is 2.94. The fourth-order valence-electron chi connectivity index (χ4n) is 2.08. The van der Waals surface area contributed by atoms with Crippen LogP contribution >= 0.6 is 0 Å². The monoisotopic (exact) mass is 259 g/mol. The number of aryl methyl sites for hydroxylation is 1. The van der Waals surface area contributed by atoms with E-state index in [9.17, 15) is 4.79 Å². The van der Waals surface area contributed by atoms with Gasteiger partial charge in [0.25, 0.3) is 5.91 Å². The van der Waals surface area contributed by atoms with Crippen LogP contribution in [0.15, 0.2) is 22.6 Å². The largest absolute Gasteiger partial charge is 0.464 e. The zero-order valence-corrected chi connectivity index (χ0v) is 11.1. The molecule has 2 N–H and O–H groups in total. The first kappa shape index (κ1) is 12.0. The summed E-state index contributed by atoms with van der Waals surface area (Å²) in [6, 6.07) is 5.44. The molecule has 0 aromatic carbocycles. The first-order valence-corrected chi connectivity index (χ1v) is 6.56. The van der Waals surface area contributed by atoms with E-state index >= 15 is 0 Å². The van der Waals surface area contributed by atoms with Gasteiger partial charge in [0, 0.05) is 11.6 Å². The second-order valence-electron chi connectivity index (χ2n) is 5.13. The molecule has 0 radical (unpaired) electrons. The highest BCUT2D eigenvalue weighted by atomic mass is 16.3. The lowest BCUT2D eigenvalue weighted by molar-refractivity contribution is 0.0930. The third kappa shape index (κ3) is 2.54. The van der Waals surface area contributed by atoms with Crippen LogP contribution in [-0.2, 0) is 0 Å². The van der Waals surface area contributed by atoms with Gasteiger partial charge in [-0.05, 0) is 44.9 Å². The summed E-state index contributed by atoms with van der Waals surface area (Å²) in [4.78, 5) is 12.1. The van der Waals surface area contributed by atoms with Crippen molar-refractivity contribution >= 4 is 5.91 Å². The Balaban J connectivity index is 1.66. The predicted molar refractivity (Wildman–Crippen MR) is 69.9 cm³/mol. The number of aromatic amines is 1. The van der Waals surface area contributed by atoms with E-state index in [-0.39, 0.29) is 11.9 Å². The van der Waals surface area contributed by atoms with E-state index in [4.69, 9.17) is 4.42 Å². The summed E-state index contributed by atoms with van der Waals surface area (Å²) >= 11 is 0. The highest BCUT2D eigenvalue weighted by Gasteiger charge is 2.26. The third-order valence-corrected chi connectivity index (χ3v) is 3.38. The Kier molecular flexibility index (Phi) is 2.89. The maximum Gasteiger partial charge on any atom is 0.272 e. The Bertz CT molecular complexity index is 595. The van der Waals surface area contributed by atoms with Crippen molar-refractivity contribution < 1.29 is 9.21 Å². The molecule has 19 heavy (non-hydrogen) atoms. The molecule has 3 rings (SSSR count). The lowest BCUT2D eigenvalue weighted by Crippen LogP contribution is -2.26. The molecule has 5 nitrogen and oxygen atoms in total. The van der Waals surface area contributed by atoms with Crippen molar-refractivity contribution in [2.75, 3.05) is 0 Å². The topological polar surface area (TPSA) is 70.9 Å². The van der Waals surface area contributed by atoms with Gasteiger partial charge >= 0.3 is 0 Å². The van der Waals surface area contributed by atoms with Crippen LogP contribution in [-0.4, -0.2) is 16.1 Å². The van der Waals surface area contributed by atoms with Crippen molar-refractivity contribution in [2.45, 2.75) is 38.6 Å². The number of aromatic nitrogens is 2. The smallest absolute Gasteiger partial charge is 0.272 e. The van der Waals surface area contributed by atoms with Crippen molar-refractivity contribution in [3.05, 3.63) is 41.1 Å². The van der Waals surface area contributed by atoms with Crippen LogP contribution in [0.2, 0.25) is 0 Å². The summed E-state index contributed by atoms with van der Waals surface area (Å²) in [7, 11) is 0. The van der Waals surface area contributed by atoms with Crippen LogP contribution in [0.1, 0.15) is 59.4 Å². The van der Waals surface area contributed by atoms with E-state index in [1.54, 1.807) is 0 Å². The molecule has 5 heteroatoms. The van der Waals surface area contributed by atoms with Crippen molar-refractivity contribution in [2.24, 2.45) is 0 Å². The quantitative estimate of drug-likeness (QED) is 0.886. The molecule has 0 bridgehead atoms. The van der Waals surface area contributed by atoms with Crippen LogP contribution in [0.4, 0.5) is 0 Å². The molecule has 1 aliphatic carbocycles. The number of carbonyl (C=O) groups is 1. The SMILES string of the molecule is Cc1ccc(C(C)NC(=O)c2cc(C3CC3)[nH]n2)o1. The van der Waals surface area contributed by atoms with E-state index in [1.807, 2.05) is 32.0 Å². The van der Waals surface area contributed by atoms with Gasteiger partial charge in [0.1, 0.15) is 17.2 Å². The second kappa shape index (κ2) is 4.57. The second-order valence-corrected chi connectivity index (χ2v) is 5.13. The van der Waals surface area contributed by atoms with Gasteiger partial charge in [-0.1, -0.05) is 0 Å². The molecule has 1 amide bonds. The number of carbonyl (C=O) groups excluding carboxylic acids is 1. The lowest BCUT2D eigenvalue weighted by atomic mass is 10.2. The molecule has 1 unspecified atom stereocenters. The van der Waals surface area contributed by atoms with Crippen molar-refractivity contribution in [1.82, 2.24) is 15.5 Å². The minimum absolute atomic E-state index is 0.165. The maximum atomic E-state index is 12.1. The summed E-state index contributed by atoms with van der Waals surface area (Å²) < 4.78 is 5.49. The Hall–Kier alpha value is -2.04. The molecule has 2 aromatic heterocycles. The van der Waals surface area contributed by atoms with Crippen LogP contribution in [0.3, 0.4) is 0 Å². The first-order chi connectivity index (χ1) is 9.13. The fourth-order valence-corrected chi connectivity index (χ4v) is 2.08. The van der Waals surface area contributed by atoms with Gasteiger partial charge in [-0.15, -0.1) is 0 Å². The van der Waals surface area contributed by atoms with Gasteiger partial charge in [0.05, 0.1) is 6.04 Å². The molecule has 1 fully saturated rings. The molecular weight excluding hydrogens is 242 g/mol. The number of rotatable bonds is 4. The number of H-pyrrole nitrogens is 1. The number of nitrogens with one attached hydrogen (secondary N) is 2. The summed E-state index contributed by atoms with van der Waals surface area (Å²) in [5, 5.41) is 9.88. The molecule has 0 aliphatic heterocycles. The molecule has 1 atom stereocenters. The number of hydrogen-bond donors (Lipinski definition) is 2. The first-order valence-electron chi connectivity index (χ1n) is 6.56. The fraction of sp³-hybridized carbons (Fsp3) is 0.429. The van der Waals surface area contributed by atoms with Crippen LogP contribution < -0.4 is 5.32 Å². The minimum Gasteiger partial charge on any atom is -0.464 e. The summed E-state index contributed by atoms with van der Waals surface area (Å²) in [6.45, 7) is 3.78. The molecule has 100 valence electrons. The Morgan fingerprint density at radius 3 is 2.95 bits per heavy atom. The molecule has 2 heterocycles.